The molecule has 2 rings (SSSR count). The Kier molecular flexibility index (Phi) is 3.44. The normalized spacial score (nSPS) is 27.0. The second kappa shape index (κ2) is 4.62. The van der Waals surface area contributed by atoms with Crippen molar-refractivity contribution in [1.29, 1.82) is 0 Å². The molecular formula is C10H14ClNOS. The van der Waals surface area contributed by atoms with Crippen LogP contribution in [0.5, 0.6) is 0 Å². The highest BCUT2D eigenvalue weighted by Gasteiger charge is 2.29. The highest BCUT2D eigenvalue weighted by molar-refractivity contribution is 7.16. The van der Waals surface area contributed by atoms with Gasteiger partial charge in [-0.3, -0.25) is 0 Å². The molecule has 1 aromatic heterocycles. The Hall–Kier alpha value is -0.0900. The highest BCUT2D eigenvalue weighted by atomic mass is 35.5. The zero-order chi connectivity index (χ0) is 9.97. The summed E-state index contributed by atoms with van der Waals surface area (Å²) >= 11 is 7.58. The molecule has 0 radical (unpaired) electrons. The van der Waals surface area contributed by atoms with Gasteiger partial charge in [0, 0.05) is 16.8 Å². The number of thiophene rings is 1. The van der Waals surface area contributed by atoms with Crippen molar-refractivity contribution in [3.8, 4) is 0 Å². The van der Waals surface area contributed by atoms with Crippen molar-refractivity contribution in [3.63, 3.8) is 0 Å². The number of nitrogens with one attached hydrogen (secondary N) is 1. The summed E-state index contributed by atoms with van der Waals surface area (Å²) in [6.45, 7) is 4.74. The van der Waals surface area contributed by atoms with E-state index >= 15 is 0 Å². The van der Waals surface area contributed by atoms with Gasteiger partial charge in [0.25, 0.3) is 0 Å². The van der Waals surface area contributed by atoms with Crippen LogP contribution in [0.4, 0.5) is 0 Å². The molecule has 0 bridgehead atoms. The van der Waals surface area contributed by atoms with Crippen molar-refractivity contribution in [2.45, 2.75) is 18.9 Å². The van der Waals surface area contributed by atoms with Gasteiger partial charge in [-0.1, -0.05) is 18.5 Å². The molecule has 2 nitrogen and oxygen atoms in total. The number of ether oxygens (including phenoxy) is 1. The lowest BCUT2D eigenvalue weighted by Gasteiger charge is -2.16. The van der Waals surface area contributed by atoms with Gasteiger partial charge in [0.1, 0.15) is 0 Å². The van der Waals surface area contributed by atoms with Crippen LogP contribution in [-0.2, 0) is 4.74 Å². The van der Waals surface area contributed by atoms with E-state index in [1.807, 2.05) is 6.07 Å². The minimum atomic E-state index is 0.453. The van der Waals surface area contributed by atoms with Gasteiger partial charge in [-0.2, -0.15) is 0 Å². The van der Waals surface area contributed by atoms with Crippen molar-refractivity contribution in [1.82, 2.24) is 5.32 Å². The van der Waals surface area contributed by atoms with Gasteiger partial charge in [-0.15, -0.1) is 11.3 Å². The number of hydrogen-bond donors (Lipinski definition) is 1. The molecule has 2 heterocycles. The second-order valence-electron chi connectivity index (χ2n) is 3.45. The molecule has 0 spiro atoms. The lowest BCUT2D eigenvalue weighted by Crippen LogP contribution is -2.33. The average molecular weight is 232 g/mol. The van der Waals surface area contributed by atoms with Crippen LogP contribution in [0.15, 0.2) is 12.1 Å². The fourth-order valence-corrected chi connectivity index (χ4v) is 3.04. The Bertz CT molecular complexity index is 302. The fourth-order valence-electron chi connectivity index (χ4n) is 1.83. The third-order valence-electron chi connectivity index (χ3n) is 2.51. The predicted molar refractivity (Wildman–Crippen MR) is 60.4 cm³/mol. The van der Waals surface area contributed by atoms with E-state index in [9.17, 15) is 0 Å². The van der Waals surface area contributed by atoms with Crippen molar-refractivity contribution in [3.05, 3.63) is 21.3 Å². The lowest BCUT2D eigenvalue weighted by atomic mass is 10.0. The topological polar surface area (TPSA) is 21.3 Å². The van der Waals surface area contributed by atoms with Crippen LogP contribution in [-0.4, -0.2) is 25.8 Å². The summed E-state index contributed by atoms with van der Waals surface area (Å²) in [6, 6.07) is 4.52. The summed E-state index contributed by atoms with van der Waals surface area (Å²) < 4.78 is 6.35. The molecule has 0 aromatic carbocycles. The number of hydrogen-bond acceptors (Lipinski definition) is 3. The maximum atomic E-state index is 5.92. The van der Waals surface area contributed by atoms with Crippen molar-refractivity contribution in [2.75, 3.05) is 19.8 Å². The van der Waals surface area contributed by atoms with E-state index in [0.717, 1.165) is 24.1 Å². The second-order valence-corrected chi connectivity index (χ2v) is 5.20. The van der Waals surface area contributed by atoms with Crippen LogP contribution < -0.4 is 5.32 Å². The van der Waals surface area contributed by atoms with E-state index in [-0.39, 0.29) is 0 Å². The van der Waals surface area contributed by atoms with E-state index in [2.05, 4.69) is 18.3 Å². The van der Waals surface area contributed by atoms with Crippen molar-refractivity contribution in [2.24, 2.45) is 0 Å². The molecule has 2 atom stereocenters. The van der Waals surface area contributed by atoms with Crippen LogP contribution in [0.25, 0.3) is 0 Å². The highest BCUT2D eigenvalue weighted by Crippen LogP contribution is 2.33. The summed E-state index contributed by atoms with van der Waals surface area (Å²) in [7, 11) is 0. The maximum Gasteiger partial charge on any atom is 0.0931 e. The van der Waals surface area contributed by atoms with Crippen molar-refractivity contribution >= 4 is 22.9 Å². The van der Waals surface area contributed by atoms with Crippen LogP contribution in [0.3, 0.4) is 0 Å². The zero-order valence-electron chi connectivity index (χ0n) is 8.13. The Morgan fingerprint density at radius 1 is 1.57 bits per heavy atom. The first kappa shape index (κ1) is 10.4. The molecular weight excluding hydrogens is 218 g/mol. The zero-order valence-corrected chi connectivity index (χ0v) is 9.70. The smallest absolute Gasteiger partial charge is 0.0931 e. The quantitative estimate of drug-likeness (QED) is 0.863. The SMILES string of the molecule is CCNC1COCC1c1ccc(Cl)s1. The Labute approximate surface area is 93.2 Å². The van der Waals surface area contributed by atoms with Gasteiger partial charge in [-0.25, -0.2) is 0 Å². The van der Waals surface area contributed by atoms with E-state index < -0.39 is 0 Å². The van der Waals surface area contributed by atoms with Gasteiger partial charge >= 0.3 is 0 Å². The molecule has 1 aliphatic heterocycles. The predicted octanol–water partition coefficient (Wildman–Crippen LogP) is 2.49. The van der Waals surface area contributed by atoms with E-state index in [1.54, 1.807) is 11.3 Å². The number of halogens is 1. The number of likely N-dealkylation sites (N-methyl/N-ethyl adjacent to an activating group) is 1. The molecule has 14 heavy (non-hydrogen) atoms. The molecule has 1 fully saturated rings. The van der Waals surface area contributed by atoms with Gasteiger partial charge in [0.2, 0.25) is 0 Å². The minimum Gasteiger partial charge on any atom is -0.379 e. The first-order chi connectivity index (χ1) is 6.81. The maximum absolute atomic E-state index is 5.92. The molecule has 0 amide bonds. The van der Waals surface area contributed by atoms with Gasteiger partial charge < -0.3 is 10.1 Å². The Balaban J connectivity index is 2.09. The molecule has 1 saturated heterocycles. The van der Waals surface area contributed by atoms with Crippen LogP contribution in [0, 0.1) is 0 Å². The van der Waals surface area contributed by atoms with Crippen LogP contribution in [0.2, 0.25) is 4.34 Å². The summed E-state index contributed by atoms with van der Waals surface area (Å²) in [5, 5.41) is 3.44. The molecule has 0 saturated carbocycles. The third-order valence-corrected chi connectivity index (χ3v) is 3.87. The third kappa shape index (κ3) is 2.11. The summed E-state index contributed by atoms with van der Waals surface area (Å²) in [4.78, 5) is 1.33. The van der Waals surface area contributed by atoms with Crippen LogP contribution >= 0.6 is 22.9 Å². The molecule has 78 valence electrons. The van der Waals surface area contributed by atoms with E-state index in [4.69, 9.17) is 16.3 Å². The first-order valence-corrected chi connectivity index (χ1v) is 6.07. The summed E-state index contributed by atoms with van der Waals surface area (Å²) in [5.41, 5.74) is 0. The van der Waals surface area contributed by atoms with Gasteiger partial charge in [0.05, 0.1) is 17.6 Å². The molecule has 4 heteroatoms. The van der Waals surface area contributed by atoms with Crippen LogP contribution in [0.1, 0.15) is 17.7 Å². The van der Waals surface area contributed by atoms with E-state index in [0.29, 0.717) is 12.0 Å². The van der Waals surface area contributed by atoms with E-state index in [1.165, 1.54) is 4.88 Å². The average Bonchev–Trinajstić information content (AvgIpc) is 2.74. The van der Waals surface area contributed by atoms with Gasteiger partial charge in [-0.05, 0) is 18.7 Å². The Morgan fingerprint density at radius 2 is 2.43 bits per heavy atom. The minimum absolute atomic E-state index is 0.453. The standard InChI is InChI=1S/C10H14ClNOS/c1-2-12-8-6-13-5-7(8)9-3-4-10(11)14-9/h3-4,7-8,12H,2,5-6H2,1H3. The molecule has 2 unspecified atom stereocenters. The Morgan fingerprint density at radius 3 is 3.07 bits per heavy atom. The number of rotatable bonds is 3. The summed E-state index contributed by atoms with van der Waals surface area (Å²) in [5.74, 6) is 0.479. The summed E-state index contributed by atoms with van der Waals surface area (Å²) in [6.07, 6.45) is 0. The molecule has 1 N–H and O–H groups in total. The molecule has 0 aliphatic carbocycles. The first-order valence-electron chi connectivity index (χ1n) is 4.87. The fraction of sp³-hybridized carbons (Fsp3) is 0.600. The van der Waals surface area contributed by atoms with Crippen molar-refractivity contribution < 1.29 is 4.74 Å². The lowest BCUT2D eigenvalue weighted by molar-refractivity contribution is 0.188. The monoisotopic (exact) mass is 231 g/mol. The largest absolute Gasteiger partial charge is 0.379 e. The van der Waals surface area contributed by atoms with Gasteiger partial charge in [0.15, 0.2) is 0 Å². The molecule has 1 aromatic rings. The molecule has 1 aliphatic rings.